The lowest BCUT2D eigenvalue weighted by atomic mass is 10.2. The number of esters is 1. The van der Waals surface area contributed by atoms with Crippen molar-refractivity contribution in [3.63, 3.8) is 0 Å². The predicted octanol–water partition coefficient (Wildman–Crippen LogP) is 1.11. The standard InChI is InChI=1S/C10H9NO3/c1-13-7-10(12)14-9-4-2-3-8(5-9)6-11/h2-5H,7H2,1H3. The van der Waals surface area contributed by atoms with E-state index in [0.29, 0.717) is 11.3 Å². The quantitative estimate of drug-likeness (QED) is 0.530. The van der Waals surface area contributed by atoms with Gasteiger partial charge in [0.15, 0.2) is 0 Å². The zero-order valence-corrected chi connectivity index (χ0v) is 7.69. The summed E-state index contributed by atoms with van der Waals surface area (Å²) in [7, 11) is 1.41. The van der Waals surface area contributed by atoms with Crippen LogP contribution in [0.3, 0.4) is 0 Å². The van der Waals surface area contributed by atoms with Crippen molar-refractivity contribution in [3.05, 3.63) is 29.8 Å². The summed E-state index contributed by atoms with van der Waals surface area (Å²) in [6.07, 6.45) is 0. The number of nitriles is 1. The fourth-order valence-corrected chi connectivity index (χ4v) is 0.908. The molecule has 0 aliphatic carbocycles. The van der Waals surface area contributed by atoms with Crippen molar-refractivity contribution in [1.82, 2.24) is 0 Å². The molecule has 0 aliphatic rings. The Balaban J connectivity index is 2.68. The highest BCUT2D eigenvalue weighted by Gasteiger charge is 2.03. The molecule has 1 aromatic rings. The van der Waals surface area contributed by atoms with E-state index in [4.69, 9.17) is 10.00 Å². The number of rotatable bonds is 3. The molecule has 0 bridgehead atoms. The van der Waals surface area contributed by atoms with Crippen LogP contribution < -0.4 is 4.74 Å². The molecule has 0 saturated carbocycles. The molecule has 0 N–H and O–H groups in total. The van der Waals surface area contributed by atoms with Crippen LogP contribution in [0.5, 0.6) is 5.75 Å². The number of methoxy groups -OCH3 is 1. The molecule has 0 heterocycles. The van der Waals surface area contributed by atoms with E-state index in [0.717, 1.165) is 0 Å². The van der Waals surface area contributed by atoms with Gasteiger partial charge in [-0.1, -0.05) is 6.07 Å². The number of hydrogen-bond acceptors (Lipinski definition) is 4. The van der Waals surface area contributed by atoms with Crippen molar-refractivity contribution >= 4 is 5.97 Å². The molecule has 0 saturated heterocycles. The average Bonchev–Trinajstić information content (AvgIpc) is 2.18. The Bertz CT molecular complexity index is 368. The number of carbonyl (C=O) groups is 1. The third-order valence-electron chi connectivity index (χ3n) is 1.46. The Kier molecular flexibility index (Phi) is 3.65. The van der Waals surface area contributed by atoms with Crippen LogP contribution in [0.25, 0.3) is 0 Å². The second kappa shape index (κ2) is 5.00. The van der Waals surface area contributed by atoms with Crippen LogP contribution in [-0.2, 0) is 9.53 Å². The monoisotopic (exact) mass is 191 g/mol. The Labute approximate surface area is 81.7 Å². The lowest BCUT2D eigenvalue weighted by Crippen LogP contribution is -2.14. The minimum Gasteiger partial charge on any atom is -0.425 e. The van der Waals surface area contributed by atoms with Crippen molar-refractivity contribution in [2.24, 2.45) is 0 Å². The Hall–Kier alpha value is -1.86. The first-order valence-electron chi connectivity index (χ1n) is 3.96. The summed E-state index contributed by atoms with van der Waals surface area (Å²) in [4.78, 5) is 11.0. The second-order valence-corrected chi connectivity index (χ2v) is 2.55. The average molecular weight is 191 g/mol. The fraction of sp³-hybridized carbons (Fsp3) is 0.200. The van der Waals surface area contributed by atoms with Gasteiger partial charge in [0.2, 0.25) is 0 Å². The van der Waals surface area contributed by atoms with Gasteiger partial charge in [0.05, 0.1) is 11.6 Å². The molecule has 72 valence electrons. The van der Waals surface area contributed by atoms with Crippen molar-refractivity contribution in [2.45, 2.75) is 0 Å². The van der Waals surface area contributed by atoms with Gasteiger partial charge >= 0.3 is 5.97 Å². The van der Waals surface area contributed by atoms with Gasteiger partial charge in [0.25, 0.3) is 0 Å². The maximum absolute atomic E-state index is 11.0. The van der Waals surface area contributed by atoms with Crippen LogP contribution in [0.15, 0.2) is 24.3 Å². The molecular weight excluding hydrogens is 182 g/mol. The number of ether oxygens (including phenoxy) is 2. The maximum Gasteiger partial charge on any atom is 0.337 e. The van der Waals surface area contributed by atoms with Crippen LogP contribution in [0, 0.1) is 11.3 Å². The van der Waals surface area contributed by atoms with E-state index >= 15 is 0 Å². The van der Waals surface area contributed by atoms with Gasteiger partial charge in [-0.25, -0.2) is 4.79 Å². The fourth-order valence-electron chi connectivity index (χ4n) is 0.908. The topological polar surface area (TPSA) is 59.3 Å². The van der Waals surface area contributed by atoms with Crippen LogP contribution in [0.4, 0.5) is 0 Å². The highest BCUT2D eigenvalue weighted by Crippen LogP contribution is 2.12. The van der Waals surface area contributed by atoms with Crippen molar-refractivity contribution < 1.29 is 14.3 Å². The highest BCUT2D eigenvalue weighted by atomic mass is 16.6. The van der Waals surface area contributed by atoms with Gasteiger partial charge in [0, 0.05) is 7.11 Å². The smallest absolute Gasteiger partial charge is 0.337 e. The van der Waals surface area contributed by atoms with E-state index in [1.54, 1.807) is 18.2 Å². The van der Waals surface area contributed by atoms with E-state index in [1.165, 1.54) is 13.2 Å². The van der Waals surface area contributed by atoms with Gasteiger partial charge in [-0.3, -0.25) is 0 Å². The van der Waals surface area contributed by atoms with Crippen LogP contribution in [0.1, 0.15) is 5.56 Å². The van der Waals surface area contributed by atoms with Crippen LogP contribution in [0.2, 0.25) is 0 Å². The normalized spacial score (nSPS) is 9.14. The molecule has 4 nitrogen and oxygen atoms in total. The molecule has 0 unspecified atom stereocenters. The molecule has 0 radical (unpaired) electrons. The van der Waals surface area contributed by atoms with Gasteiger partial charge in [-0.2, -0.15) is 5.26 Å². The molecule has 14 heavy (non-hydrogen) atoms. The Morgan fingerprint density at radius 2 is 2.36 bits per heavy atom. The molecule has 1 rings (SSSR count). The van der Waals surface area contributed by atoms with Crippen molar-refractivity contribution in [2.75, 3.05) is 13.7 Å². The summed E-state index contributed by atoms with van der Waals surface area (Å²) >= 11 is 0. The Morgan fingerprint density at radius 1 is 1.57 bits per heavy atom. The lowest BCUT2D eigenvalue weighted by molar-refractivity contribution is -0.138. The zero-order valence-electron chi connectivity index (χ0n) is 7.69. The molecule has 0 atom stereocenters. The largest absolute Gasteiger partial charge is 0.425 e. The second-order valence-electron chi connectivity index (χ2n) is 2.55. The molecule has 0 aliphatic heterocycles. The minimum atomic E-state index is -0.484. The molecule has 4 heteroatoms. The first-order valence-corrected chi connectivity index (χ1v) is 3.96. The van der Waals surface area contributed by atoms with Crippen molar-refractivity contribution in [1.29, 1.82) is 5.26 Å². The zero-order chi connectivity index (χ0) is 10.4. The molecule has 0 amide bonds. The minimum absolute atomic E-state index is 0.100. The summed E-state index contributed by atoms with van der Waals surface area (Å²) in [5.74, 6) is -0.131. The van der Waals surface area contributed by atoms with E-state index < -0.39 is 5.97 Å². The van der Waals surface area contributed by atoms with Gasteiger partial charge in [-0.15, -0.1) is 0 Å². The Morgan fingerprint density at radius 3 is 3.00 bits per heavy atom. The summed E-state index contributed by atoms with van der Waals surface area (Å²) in [6.45, 7) is -0.100. The van der Waals surface area contributed by atoms with E-state index in [-0.39, 0.29) is 6.61 Å². The number of hydrogen-bond donors (Lipinski definition) is 0. The summed E-state index contributed by atoms with van der Waals surface area (Å²) in [5.41, 5.74) is 0.452. The lowest BCUT2D eigenvalue weighted by Gasteiger charge is -2.02. The van der Waals surface area contributed by atoms with E-state index in [9.17, 15) is 4.79 Å². The summed E-state index contributed by atoms with van der Waals surface area (Å²) < 4.78 is 9.48. The number of benzene rings is 1. The molecular formula is C10H9NO3. The predicted molar refractivity (Wildman–Crippen MR) is 48.7 cm³/mol. The van der Waals surface area contributed by atoms with E-state index in [2.05, 4.69) is 4.74 Å². The van der Waals surface area contributed by atoms with Crippen LogP contribution >= 0.6 is 0 Å². The third kappa shape index (κ3) is 2.88. The van der Waals surface area contributed by atoms with Gasteiger partial charge < -0.3 is 9.47 Å². The summed E-state index contributed by atoms with van der Waals surface area (Å²) in [6, 6.07) is 8.33. The van der Waals surface area contributed by atoms with Crippen molar-refractivity contribution in [3.8, 4) is 11.8 Å². The number of nitrogens with zero attached hydrogens (tertiary/aromatic N) is 1. The maximum atomic E-state index is 11.0. The molecule has 0 aromatic heterocycles. The number of carbonyl (C=O) groups excluding carboxylic acids is 1. The SMILES string of the molecule is COCC(=O)Oc1cccc(C#N)c1. The highest BCUT2D eigenvalue weighted by molar-refractivity contribution is 5.73. The molecule has 0 spiro atoms. The molecule has 0 fully saturated rings. The third-order valence-corrected chi connectivity index (χ3v) is 1.46. The first kappa shape index (κ1) is 10.2. The van der Waals surface area contributed by atoms with Crippen LogP contribution in [-0.4, -0.2) is 19.7 Å². The molecule has 1 aromatic carbocycles. The summed E-state index contributed by atoms with van der Waals surface area (Å²) in [5, 5.41) is 8.58. The van der Waals surface area contributed by atoms with Gasteiger partial charge in [-0.05, 0) is 18.2 Å². The first-order chi connectivity index (χ1) is 6.76. The van der Waals surface area contributed by atoms with Gasteiger partial charge in [0.1, 0.15) is 12.4 Å². The van der Waals surface area contributed by atoms with E-state index in [1.807, 2.05) is 6.07 Å².